The molecule has 0 amide bonds. The minimum Gasteiger partial charge on any atom is -0.543 e. The molecule has 2 aromatic rings. The molecule has 4 heteroatoms. The summed E-state index contributed by atoms with van der Waals surface area (Å²) in [5, 5.41) is 0. The highest BCUT2D eigenvalue weighted by atomic mass is 28.4. The van der Waals surface area contributed by atoms with E-state index in [4.69, 9.17) is 4.43 Å². The van der Waals surface area contributed by atoms with E-state index in [-0.39, 0.29) is 0 Å². The molecule has 1 heterocycles. The molecule has 0 saturated carbocycles. The van der Waals surface area contributed by atoms with E-state index in [1.807, 2.05) is 36.4 Å². The first-order valence-electron chi connectivity index (χ1n) is 6.27. The first-order chi connectivity index (χ1) is 9.04. The maximum absolute atomic E-state index is 6.03. The summed E-state index contributed by atoms with van der Waals surface area (Å²) < 4.78 is 6.03. The Hall–Kier alpha value is -1.94. The summed E-state index contributed by atoms with van der Waals surface area (Å²) in [5.74, 6) is 0.849. The molecule has 0 bridgehead atoms. The van der Waals surface area contributed by atoms with E-state index in [9.17, 15) is 0 Å². The van der Waals surface area contributed by atoms with Gasteiger partial charge in [0.1, 0.15) is 11.4 Å². The molecule has 1 aromatic heterocycles. The van der Waals surface area contributed by atoms with Gasteiger partial charge in [-0.3, -0.25) is 9.98 Å². The molecule has 0 atom stereocenters. The summed E-state index contributed by atoms with van der Waals surface area (Å²) in [6.07, 6.45) is 5.34. The first-order valence-corrected chi connectivity index (χ1v) is 9.67. The van der Waals surface area contributed by atoms with Crippen LogP contribution in [0.2, 0.25) is 19.6 Å². The van der Waals surface area contributed by atoms with E-state index < -0.39 is 8.32 Å². The number of hydrogen-bond donors (Lipinski definition) is 0. The molecule has 0 aliphatic carbocycles. The molecule has 0 fully saturated rings. The van der Waals surface area contributed by atoms with Crippen molar-refractivity contribution in [1.29, 1.82) is 0 Å². The van der Waals surface area contributed by atoms with Crippen molar-refractivity contribution < 1.29 is 4.43 Å². The predicted molar refractivity (Wildman–Crippen MR) is 81.9 cm³/mol. The maximum Gasteiger partial charge on any atom is 0.242 e. The van der Waals surface area contributed by atoms with Crippen molar-refractivity contribution in [3.8, 4) is 5.75 Å². The van der Waals surface area contributed by atoms with Gasteiger partial charge >= 0.3 is 0 Å². The molecule has 1 aromatic carbocycles. The van der Waals surface area contributed by atoms with Crippen LogP contribution in [0.4, 0.5) is 5.69 Å². The Labute approximate surface area is 115 Å². The molecule has 0 unspecified atom stereocenters. The van der Waals surface area contributed by atoms with Gasteiger partial charge < -0.3 is 4.43 Å². The minimum atomic E-state index is -1.62. The van der Waals surface area contributed by atoms with Crippen LogP contribution >= 0.6 is 0 Å². The van der Waals surface area contributed by atoms with Gasteiger partial charge in [0.25, 0.3) is 0 Å². The van der Waals surface area contributed by atoms with E-state index in [2.05, 4.69) is 29.6 Å². The topological polar surface area (TPSA) is 34.5 Å². The fraction of sp³-hybridized carbons (Fsp3) is 0.200. The number of aliphatic imine (C=N–C) groups is 1. The third kappa shape index (κ3) is 4.33. The number of pyridine rings is 1. The molecule has 0 spiro atoms. The van der Waals surface area contributed by atoms with E-state index in [0.717, 1.165) is 17.0 Å². The van der Waals surface area contributed by atoms with Gasteiger partial charge in [0, 0.05) is 24.2 Å². The largest absolute Gasteiger partial charge is 0.543 e. The molecular weight excluding hydrogens is 252 g/mol. The Balaban J connectivity index is 2.23. The molecule has 2 rings (SSSR count). The van der Waals surface area contributed by atoms with Gasteiger partial charge in [-0.05, 0) is 37.8 Å². The molecule has 19 heavy (non-hydrogen) atoms. The van der Waals surface area contributed by atoms with Crippen molar-refractivity contribution in [3.05, 3.63) is 54.4 Å². The monoisotopic (exact) mass is 270 g/mol. The average Bonchev–Trinajstić information content (AvgIpc) is 2.37. The van der Waals surface area contributed by atoms with Gasteiger partial charge in [-0.25, -0.2) is 0 Å². The molecule has 0 aliphatic rings. The van der Waals surface area contributed by atoms with Crippen LogP contribution in [-0.4, -0.2) is 19.5 Å². The van der Waals surface area contributed by atoms with Crippen LogP contribution in [0.3, 0.4) is 0 Å². The third-order valence-corrected chi connectivity index (χ3v) is 3.15. The standard InChI is InChI=1S/C15H18N2OSi/c1-19(2,3)18-15-9-5-4-8-14(15)17-12-13-7-6-10-16-11-13/h4-12H,1-3H3. The van der Waals surface area contributed by atoms with Crippen LogP contribution in [0.1, 0.15) is 5.56 Å². The van der Waals surface area contributed by atoms with Crippen LogP contribution in [0, 0.1) is 0 Å². The van der Waals surface area contributed by atoms with Crippen molar-refractivity contribution in [2.45, 2.75) is 19.6 Å². The quantitative estimate of drug-likeness (QED) is 0.620. The zero-order valence-electron chi connectivity index (χ0n) is 11.5. The Morgan fingerprint density at radius 3 is 2.58 bits per heavy atom. The number of aromatic nitrogens is 1. The van der Waals surface area contributed by atoms with Crippen molar-refractivity contribution in [2.75, 3.05) is 0 Å². The van der Waals surface area contributed by atoms with Crippen LogP contribution in [0.5, 0.6) is 5.75 Å². The summed E-state index contributed by atoms with van der Waals surface area (Å²) >= 11 is 0. The average molecular weight is 270 g/mol. The minimum absolute atomic E-state index is 0.849. The van der Waals surface area contributed by atoms with Gasteiger partial charge in [0.15, 0.2) is 0 Å². The first kappa shape index (κ1) is 13.5. The van der Waals surface area contributed by atoms with Gasteiger partial charge in [0.05, 0.1) is 0 Å². The number of hydrogen-bond acceptors (Lipinski definition) is 3. The highest BCUT2D eigenvalue weighted by Crippen LogP contribution is 2.29. The summed E-state index contributed by atoms with van der Waals surface area (Å²) in [4.78, 5) is 8.56. The van der Waals surface area contributed by atoms with Crippen molar-refractivity contribution >= 4 is 20.2 Å². The number of benzene rings is 1. The molecule has 98 valence electrons. The van der Waals surface area contributed by atoms with E-state index in [1.54, 1.807) is 18.6 Å². The Morgan fingerprint density at radius 1 is 1.11 bits per heavy atom. The molecule has 0 saturated heterocycles. The Kier molecular flexibility index (Phi) is 4.12. The normalized spacial score (nSPS) is 11.7. The number of nitrogens with zero attached hydrogens (tertiary/aromatic N) is 2. The van der Waals surface area contributed by atoms with E-state index in [0.29, 0.717) is 0 Å². The van der Waals surface area contributed by atoms with Crippen LogP contribution in [0.25, 0.3) is 0 Å². The maximum atomic E-state index is 6.03. The zero-order chi connectivity index (χ0) is 13.7. The van der Waals surface area contributed by atoms with Crippen LogP contribution in [-0.2, 0) is 0 Å². The summed E-state index contributed by atoms with van der Waals surface area (Å²) in [6.45, 7) is 6.48. The van der Waals surface area contributed by atoms with Crippen molar-refractivity contribution in [1.82, 2.24) is 4.98 Å². The lowest BCUT2D eigenvalue weighted by molar-refractivity contribution is 0.559. The molecule has 3 nitrogen and oxygen atoms in total. The van der Waals surface area contributed by atoms with Crippen LogP contribution < -0.4 is 4.43 Å². The van der Waals surface area contributed by atoms with Crippen molar-refractivity contribution in [3.63, 3.8) is 0 Å². The van der Waals surface area contributed by atoms with Crippen molar-refractivity contribution in [2.24, 2.45) is 4.99 Å². The molecular formula is C15H18N2OSi. The summed E-state index contributed by atoms with van der Waals surface area (Å²) in [5.41, 5.74) is 1.83. The van der Waals surface area contributed by atoms with Gasteiger partial charge in [-0.1, -0.05) is 18.2 Å². The summed E-state index contributed by atoms with van der Waals surface area (Å²) in [7, 11) is -1.62. The fourth-order valence-corrected chi connectivity index (χ4v) is 2.41. The lowest BCUT2D eigenvalue weighted by Crippen LogP contribution is -2.29. The predicted octanol–water partition coefficient (Wildman–Crippen LogP) is 4.05. The molecule has 0 radical (unpaired) electrons. The lowest BCUT2D eigenvalue weighted by atomic mass is 10.3. The fourth-order valence-electron chi connectivity index (χ4n) is 1.58. The number of para-hydroxylation sites is 2. The summed E-state index contributed by atoms with van der Waals surface area (Å²) in [6, 6.07) is 11.7. The SMILES string of the molecule is C[Si](C)(C)Oc1ccccc1N=Cc1cccnc1. The Morgan fingerprint density at radius 2 is 1.89 bits per heavy atom. The zero-order valence-corrected chi connectivity index (χ0v) is 12.5. The van der Waals surface area contributed by atoms with Gasteiger partial charge in [-0.2, -0.15) is 0 Å². The lowest BCUT2D eigenvalue weighted by Gasteiger charge is -2.20. The van der Waals surface area contributed by atoms with E-state index in [1.165, 1.54) is 0 Å². The van der Waals surface area contributed by atoms with Gasteiger partial charge in [-0.15, -0.1) is 0 Å². The smallest absolute Gasteiger partial charge is 0.242 e. The van der Waals surface area contributed by atoms with Gasteiger partial charge in [0.2, 0.25) is 8.32 Å². The third-order valence-electron chi connectivity index (χ3n) is 2.32. The van der Waals surface area contributed by atoms with E-state index >= 15 is 0 Å². The molecule has 0 N–H and O–H groups in total. The number of rotatable bonds is 4. The van der Waals surface area contributed by atoms with Crippen LogP contribution in [0.15, 0.2) is 53.8 Å². The second kappa shape index (κ2) is 5.80. The molecule has 0 aliphatic heterocycles. The second-order valence-corrected chi connectivity index (χ2v) is 9.66. The second-order valence-electron chi connectivity index (χ2n) is 5.23. The highest BCUT2D eigenvalue weighted by molar-refractivity contribution is 6.70. The highest BCUT2D eigenvalue weighted by Gasteiger charge is 2.17. The Bertz CT molecular complexity index is 562.